The van der Waals surface area contributed by atoms with Crippen LogP contribution in [0.3, 0.4) is 0 Å². The lowest BCUT2D eigenvalue weighted by Gasteiger charge is -2.17. The van der Waals surface area contributed by atoms with Crippen LogP contribution in [0, 0.1) is 0 Å². The van der Waals surface area contributed by atoms with E-state index in [2.05, 4.69) is 23.0 Å². The van der Waals surface area contributed by atoms with Gasteiger partial charge < -0.3 is 10.6 Å². The Balaban J connectivity index is 2.01. The van der Waals surface area contributed by atoms with Crippen LogP contribution < -0.4 is 5.73 Å². The minimum absolute atomic E-state index is 0.146. The number of aromatic nitrogens is 2. The van der Waals surface area contributed by atoms with Crippen LogP contribution in [0.2, 0.25) is 0 Å². The Kier molecular flexibility index (Phi) is 3.97. The fourth-order valence-corrected chi connectivity index (χ4v) is 2.37. The van der Waals surface area contributed by atoms with Crippen LogP contribution in [-0.2, 0) is 6.42 Å². The molecule has 0 radical (unpaired) electrons. The average Bonchev–Trinajstić information content (AvgIpc) is 2.73. The highest BCUT2D eigenvalue weighted by molar-refractivity contribution is 5.11. The van der Waals surface area contributed by atoms with Gasteiger partial charge in [0.1, 0.15) is 5.82 Å². The predicted octanol–water partition coefficient (Wildman–Crippen LogP) is 1.57. The van der Waals surface area contributed by atoms with Gasteiger partial charge in [0.2, 0.25) is 0 Å². The molecule has 1 unspecified atom stereocenters. The largest absolute Gasteiger partial charge is 0.326 e. The van der Waals surface area contributed by atoms with Crippen molar-refractivity contribution in [1.82, 2.24) is 14.9 Å². The Bertz CT molecular complexity index is 397. The van der Waals surface area contributed by atoms with E-state index in [1.165, 1.54) is 18.7 Å². The van der Waals surface area contributed by atoms with Crippen molar-refractivity contribution < 1.29 is 0 Å². The third-order valence-corrected chi connectivity index (χ3v) is 3.53. The monoisotopic (exact) mass is 248 g/mol. The van der Waals surface area contributed by atoms with Crippen molar-refractivity contribution in [1.29, 1.82) is 0 Å². The van der Waals surface area contributed by atoms with E-state index in [1.807, 2.05) is 20.0 Å². The lowest BCUT2D eigenvalue weighted by atomic mass is 9.99. The van der Waals surface area contributed by atoms with E-state index in [1.54, 1.807) is 0 Å². The number of hydrogen-bond acceptors (Lipinski definition) is 4. The number of nitrogens with two attached hydrogens (primary N) is 1. The Labute approximate surface area is 110 Å². The van der Waals surface area contributed by atoms with Crippen LogP contribution >= 0.6 is 0 Å². The Hall–Kier alpha value is -1.00. The first-order valence-electron chi connectivity index (χ1n) is 6.73. The standard InChI is InChI=1S/C14H24N4/c1-14(2,15)7-4-13-16-8-5-12(17-13)11-6-9-18(3)10-11/h5,8,11H,4,6-7,9-10,15H2,1-3H3. The summed E-state index contributed by atoms with van der Waals surface area (Å²) in [4.78, 5) is 11.4. The van der Waals surface area contributed by atoms with E-state index in [9.17, 15) is 0 Å². The van der Waals surface area contributed by atoms with E-state index in [0.29, 0.717) is 5.92 Å². The van der Waals surface area contributed by atoms with Crippen molar-refractivity contribution in [2.45, 2.75) is 44.6 Å². The minimum atomic E-state index is -0.146. The number of likely N-dealkylation sites (N-methyl/N-ethyl adjacent to an activating group) is 1. The van der Waals surface area contributed by atoms with Crippen molar-refractivity contribution in [2.75, 3.05) is 20.1 Å². The summed E-state index contributed by atoms with van der Waals surface area (Å²) in [6.07, 6.45) is 4.87. The summed E-state index contributed by atoms with van der Waals surface area (Å²) >= 11 is 0. The lowest BCUT2D eigenvalue weighted by molar-refractivity contribution is 0.410. The molecular weight excluding hydrogens is 224 g/mol. The van der Waals surface area contributed by atoms with Gasteiger partial charge in [-0.1, -0.05) is 0 Å². The normalized spacial score (nSPS) is 21.4. The number of hydrogen-bond donors (Lipinski definition) is 1. The van der Waals surface area contributed by atoms with Crippen LogP contribution in [0.25, 0.3) is 0 Å². The Morgan fingerprint density at radius 2 is 2.28 bits per heavy atom. The summed E-state index contributed by atoms with van der Waals surface area (Å²) in [6, 6.07) is 2.06. The lowest BCUT2D eigenvalue weighted by Crippen LogP contribution is -2.32. The van der Waals surface area contributed by atoms with Gasteiger partial charge in [-0.05, 0) is 46.3 Å². The highest BCUT2D eigenvalue weighted by Gasteiger charge is 2.22. The summed E-state index contributed by atoms with van der Waals surface area (Å²) in [6.45, 7) is 6.37. The van der Waals surface area contributed by atoms with Crippen LogP contribution in [0.5, 0.6) is 0 Å². The highest BCUT2D eigenvalue weighted by atomic mass is 15.1. The maximum atomic E-state index is 6.00. The smallest absolute Gasteiger partial charge is 0.128 e. The number of rotatable bonds is 4. The van der Waals surface area contributed by atoms with Crippen molar-refractivity contribution in [3.63, 3.8) is 0 Å². The van der Waals surface area contributed by atoms with Crippen molar-refractivity contribution in [3.05, 3.63) is 23.8 Å². The number of nitrogens with zero attached hydrogens (tertiary/aromatic N) is 3. The van der Waals surface area contributed by atoms with E-state index < -0.39 is 0 Å². The molecule has 0 aromatic carbocycles. The summed E-state index contributed by atoms with van der Waals surface area (Å²) in [5.41, 5.74) is 7.05. The predicted molar refractivity (Wildman–Crippen MR) is 73.5 cm³/mol. The van der Waals surface area contributed by atoms with Crippen molar-refractivity contribution in [3.8, 4) is 0 Å². The van der Waals surface area contributed by atoms with Gasteiger partial charge in [-0.2, -0.15) is 0 Å². The first-order chi connectivity index (χ1) is 8.44. The molecule has 2 rings (SSSR count). The average molecular weight is 248 g/mol. The van der Waals surface area contributed by atoms with E-state index >= 15 is 0 Å². The first kappa shape index (κ1) is 13.4. The summed E-state index contributed by atoms with van der Waals surface area (Å²) in [5.74, 6) is 1.50. The SMILES string of the molecule is CN1CCC(c2ccnc(CCC(C)(C)N)n2)C1. The van der Waals surface area contributed by atoms with Gasteiger partial charge in [0.15, 0.2) is 0 Å². The van der Waals surface area contributed by atoms with Crippen molar-refractivity contribution in [2.24, 2.45) is 5.73 Å². The molecule has 100 valence electrons. The molecule has 1 aromatic rings. The molecule has 1 aromatic heterocycles. The fourth-order valence-electron chi connectivity index (χ4n) is 2.37. The number of likely N-dealkylation sites (tertiary alicyclic amines) is 1. The van der Waals surface area contributed by atoms with Gasteiger partial charge in [-0.25, -0.2) is 9.97 Å². The maximum absolute atomic E-state index is 6.00. The molecule has 0 spiro atoms. The molecule has 18 heavy (non-hydrogen) atoms. The zero-order valence-corrected chi connectivity index (χ0v) is 11.7. The van der Waals surface area contributed by atoms with Gasteiger partial charge in [-0.3, -0.25) is 0 Å². The van der Waals surface area contributed by atoms with Gasteiger partial charge in [0, 0.05) is 36.3 Å². The molecule has 2 heterocycles. The first-order valence-corrected chi connectivity index (χ1v) is 6.73. The molecule has 4 heteroatoms. The van der Waals surface area contributed by atoms with Crippen LogP contribution in [0.1, 0.15) is 44.1 Å². The summed E-state index contributed by atoms with van der Waals surface area (Å²) < 4.78 is 0. The van der Waals surface area contributed by atoms with Gasteiger partial charge in [0.25, 0.3) is 0 Å². The molecule has 0 aliphatic carbocycles. The molecule has 4 nitrogen and oxygen atoms in total. The Morgan fingerprint density at radius 3 is 2.89 bits per heavy atom. The summed E-state index contributed by atoms with van der Waals surface area (Å²) in [7, 11) is 2.17. The molecule has 0 bridgehead atoms. The minimum Gasteiger partial charge on any atom is -0.326 e. The molecule has 0 amide bonds. The second-order valence-electron chi connectivity index (χ2n) is 6.13. The van der Waals surface area contributed by atoms with E-state index in [-0.39, 0.29) is 5.54 Å². The van der Waals surface area contributed by atoms with Gasteiger partial charge >= 0.3 is 0 Å². The number of aryl methyl sites for hydroxylation is 1. The second kappa shape index (κ2) is 5.33. The van der Waals surface area contributed by atoms with Crippen molar-refractivity contribution >= 4 is 0 Å². The molecule has 1 aliphatic heterocycles. The van der Waals surface area contributed by atoms with Crippen LogP contribution in [-0.4, -0.2) is 40.5 Å². The molecular formula is C14H24N4. The molecule has 1 saturated heterocycles. The van der Waals surface area contributed by atoms with E-state index in [0.717, 1.165) is 25.2 Å². The highest BCUT2D eigenvalue weighted by Crippen LogP contribution is 2.24. The molecule has 2 N–H and O–H groups in total. The van der Waals surface area contributed by atoms with Crippen LogP contribution in [0.4, 0.5) is 0 Å². The third-order valence-electron chi connectivity index (χ3n) is 3.53. The third kappa shape index (κ3) is 3.75. The quantitative estimate of drug-likeness (QED) is 0.878. The second-order valence-corrected chi connectivity index (χ2v) is 6.13. The van der Waals surface area contributed by atoms with Gasteiger partial charge in [0.05, 0.1) is 0 Å². The fraction of sp³-hybridized carbons (Fsp3) is 0.714. The maximum Gasteiger partial charge on any atom is 0.128 e. The van der Waals surface area contributed by atoms with Gasteiger partial charge in [-0.15, -0.1) is 0 Å². The zero-order valence-electron chi connectivity index (χ0n) is 11.7. The molecule has 0 saturated carbocycles. The zero-order chi connectivity index (χ0) is 13.2. The Morgan fingerprint density at radius 1 is 1.50 bits per heavy atom. The van der Waals surface area contributed by atoms with Crippen LogP contribution in [0.15, 0.2) is 12.3 Å². The molecule has 1 aliphatic rings. The topological polar surface area (TPSA) is 55.0 Å². The summed E-state index contributed by atoms with van der Waals surface area (Å²) in [5, 5.41) is 0. The molecule has 1 atom stereocenters. The molecule has 1 fully saturated rings. The van der Waals surface area contributed by atoms with E-state index in [4.69, 9.17) is 10.7 Å².